The molecule has 0 amide bonds. The van der Waals surface area contributed by atoms with Crippen LogP contribution in [0.1, 0.15) is 24.8 Å². The maximum atomic E-state index is 12.1. The number of carbonyl (C=O) groups is 1. The summed E-state index contributed by atoms with van der Waals surface area (Å²) in [6.45, 7) is 1.28. The summed E-state index contributed by atoms with van der Waals surface area (Å²) >= 11 is 0. The summed E-state index contributed by atoms with van der Waals surface area (Å²) in [5, 5.41) is 0. The van der Waals surface area contributed by atoms with Gasteiger partial charge in [-0.15, -0.1) is 0 Å². The molecule has 4 heteroatoms. The number of rotatable bonds is 4. The SMILES string of the molecule is COc1ccc(COC(=O)C2=CCCC3CCN23)cc1. The second kappa shape index (κ2) is 5.57. The quantitative estimate of drug-likeness (QED) is 0.790. The fourth-order valence-electron chi connectivity index (χ4n) is 2.73. The second-order valence-corrected chi connectivity index (χ2v) is 5.23. The molecule has 1 aromatic rings. The average molecular weight is 273 g/mol. The highest BCUT2D eigenvalue weighted by Crippen LogP contribution is 2.31. The summed E-state index contributed by atoms with van der Waals surface area (Å²) in [5.74, 6) is 0.601. The first kappa shape index (κ1) is 13.0. The van der Waals surface area contributed by atoms with Gasteiger partial charge in [-0.3, -0.25) is 0 Å². The van der Waals surface area contributed by atoms with Gasteiger partial charge in [-0.2, -0.15) is 0 Å². The van der Waals surface area contributed by atoms with Crippen molar-refractivity contribution in [3.63, 3.8) is 0 Å². The van der Waals surface area contributed by atoms with Crippen molar-refractivity contribution in [2.75, 3.05) is 13.7 Å². The van der Waals surface area contributed by atoms with Gasteiger partial charge in [-0.1, -0.05) is 18.2 Å². The molecule has 4 nitrogen and oxygen atoms in total. The zero-order valence-electron chi connectivity index (χ0n) is 11.7. The number of ether oxygens (including phenoxy) is 2. The Morgan fingerprint density at radius 1 is 1.30 bits per heavy atom. The molecule has 1 unspecified atom stereocenters. The number of carbonyl (C=O) groups excluding carboxylic acids is 1. The van der Waals surface area contributed by atoms with Gasteiger partial charge in [0.1, 0.15) is 18.1 Å². The van der Waals surface area contributed by atoms with Crippen LogP contribution in [0.3, 0.4) is 0 Å². The monoisotopic (exact) mass is 273 g/mol. The van der Waals surface area contributed by atoms with Crippen LogP contribution < -0.4 is 4.74 Å². The van der Waals surface area contributed by atoms with E-state index in [1.807, 2.05) is 30.3 Å². The molecular weight excluding hydrogens is 254 g/mol. The molecule has 1 atom stereocenters. The van der Waals surface area contributed by atoms with E-state index in [0.717, 1.165) is 36.4 Å². The van der Waals surface area contributed by atoms with Gasteiger partial charge in [0.25, 0.3) is 0 Å². The van der Waals surface area contributed by atoms with Gasteiger partial charge in [-0.25, -0.2) is 4.79 Å². The number of esters is 1. The van der Waals surface area contributed by atoms with Crippen molar-refractivity contribution in [3.05, 3.63) is 41.6 Å². The molecule has 20 heavy (non-hydrogen) atoms. The van der Waals surface area contributed by atoms with Crippen molar-refractivity contribution >= 4 is 5.97 Å². The van der Waals surface area contributed by atoms with Gasteiger partial charge in [-0.05, 0) is 37.0 Å². The molecule has 3 rings (SSSR count). The van der Waals surface area contributed by atoms with E-state index in [1.54, 1.807) is 7.11 Å². The highest BCUT2D eigenvalue weighted by molar-refractivity contribution is 5.88. The summed E-state index contributed by atoms with van der Waals surface area (Å²) in [6.07, 6.45) is 5.35. The number of hydrogen-bond acceptors (Lipinski definition) is 4. The first-order valence-corrected chi connectivity index (χ1v) is 7.05. The van der Waals surface area contributed by atoms with Gasteiger partial charge in [0.15, 0.2) is 0 Å². The summed E-state index contributed by atoms with van der Waals surface area (Å²) in [4.78, 5) is 14.3. The lowest BCUT2D eigenvalue weighted by Crippen LogP contribution is -2.50. The molecule has 1 aromatic carbocycles. The fraction of sp³-hybridized carbons (Fsp3) is 0.438. The molecule has 0 spiro atoms. The van der Waals surface area contributed by atoms with Gasteiger partial charge < -0.3 is 14.4 Å². The Bertz CT molecular complexity index is 521. The standard InChI is InChI=1S/C16H19NO3/c1-19-14-7-5-12(6-8-14)11-20-16(18)15-4-2-3-13-9-10-17(13)15/h4-8,13H,2-3,9-11H2,1H3. The van der Waals surface area contributed by atoms with Crippen LogP contribution in [-0.2, 0) is 16.1 Å². The van der Waals surface area contributed by atoms with E-state index < -0.39 is 0 Å². The maximum Gasteiger partial charge on any atom is 0.354 e. The molecule has 106 valence electrons. The van der Waals surface area contributed by atoms with Gasteiger partial charge >= 0.3 is 5.97 Å². The van der Waals surface area contributed by atoms with Crippen molar-refractivity contribution in [2.45, 2.75) is 31.9 Å². The molecule has 0 saturated carbocycles. The Morgan fingerprint density at radius 3 is 2.75 bits per heavy atom. The Balaban J connectivity index is 1.57. The zero-order chi connectivity index (χ0) is 13.9. The largest absolute Gasteiger partial charge is 0.497 e. The van der Waals surface area contributed by atoms with Crippen LogP contribution in [0.15, 0.2) is 36.0 Å². The van der Waals surface area contributed by atoms with Gasteiger partial charge in [0.05, 0.1) is 7.11 Å². The Morgan fingerprint density at radius 2 is 2.10 bits per heavy atom. The third-order valence-electron chi connectivity index (χ3n) is 4.03. The predicted octanol–water partition coefficient (Wildman–Crippen LogP) is 2.49. The van der Waals surface area contributed by atoms with Crippen LogP contribution in [0, 0.1) is 0 Å². The summed E-state index contributed by atoms with van der Waals surface area (Å²) < 4.78 is 10.5. The van der Waals surface area contributed by atoms with Crippen LogP contribution in [0.5, 0.6) is 5.75 Å². The number of allylic oxidation sites excluding steroid dienone is 1. The molecule has 0 bridgehead atoms. The van der Waals surface area contributed by atoms with Crippen molar-refractivity contribution in [3.8, 4) is 5.75 Å². The predicted molar refractivity (Wildman–Crippen MR) is 75.2 cm³/mol. The van der Waals surface area contributed by atoms with E-state index in [-0.39, 0.29) is 5.97 Å². The van der Waals surface area contributed by atoms with Crippen molar-refractivity contribution in [1.29, 1.82) is 0 Å². The van der Waals surface area contributed by atoms with Gasteiger partial charge in [0, 0.05) is 12.6 Å². The molecule has 0 aromatic heterocycles. The molecule has 0 N–H and O–H groups in total. The molecule has 2 aliphatic heterocycles. The Kier molecular flexibility index (Phi) is 3.63. The minimum atomic E-state index is -0.204. The lowest BCUT2D eigenvalue weighted by molar-refractivity contribution is -0.143. The van der Waals surface area contributed by atoms with Crippen molar-refractivity contribution in [2.24, 2.45) is 0 Å². The zero-order valence-corrected chi connectivity index (χ0v) is 11.7. The van der Waals surface area contributed by atoms with Crippen molar-refractivity contribution < 1.29 is 14.3 Å². The minimum Gasteiger partial charge on any atom is -0.497 e. The van der Waals surface area contributed by atoms with Crippen molar-refractivity contribution in [1.82, 2.24) is 4.90 Å². The maximum absolute atomic E-state index is 12.1. The topological polar surface area (TPSA) is 38.8 Å². The summed E-state index contributed by atoms with van der Waals surface area (Å²) in [6, 6.07) is 8.12. The van der Waals surface area contributed by atoms with Crippen LogP contribution in [0.4, 0.5) is 0 Å². The number of nitrogens with zero attached hydrogens (tertiary/aromatic N) is 1. The van der Waals surface area contributed by atoms with E-state index in [0.29, 0.717) is 12.6 Å². The highest BCUT2D eigenvalue weighted by Gasteiger charge is 2.35. The first-order chi connectivity index (χ1) is 9.78. The summed E-state index contributed by atoms with van der Waals surface area (Å²) in [7, 11) is 1.63. The summed E-state index contributed by atoms with van der Waals surface area (Å²) in [5.41, 5.74) is 1.72. The lowest BCUT2D eigenvalue weighted by Gasteiger charge is -2.45. The van der Waals surface area contributed by atoms with E-state index in [2.05, 4.69) is 4.90 Å². The number of hydrogen-bond donors (Lipinski definition) is 0. The van der Waals surface area contributed by atoms with Crippen LogP contribution in [0.2, 0.25) is 0 Å². The van der Waals surface area contributed by atoms with E-state index in [9.17, 15) is 4.79 Å². The van der Waals surface area contributed by atoms with Crippen LogP contribution >= 0.6 is 0 Å². The number of benzene rings is 1. The smallest absolute Gasteiger partial charge is 0.354 e. The highest BCUT2D eigenvalue weighted by atomic mass is 16.5. The molecule has 0 aliphatic carbocycles. The molecular formula is C16H19NO3. The normalized spacial score (nSPS) is 20.6. The van der Waals surface area contributed by atoms with Gasteiger partial charge in [0.2, 0.25) is 0 Å². The molecule has 1 saturated heterocycles. The average Bonchev–Trinajstić information content (AvgIpc) is 2.46. The number of methoxy groups -OCH3 is 1. The third-order valence-corrected chi connectivity index (χ3v) is 4.03. The molecule has 0 radical (unpaired) electrons. The molecule has 1 fully saturated rings. The Hall–Kier alpha value is -1.97. The lowest BCUT2D eigenvalue weighted by atomic mass is 9.92. The van der Waals surface area contributed by atoms with Crippen LogP contribution in [0.25, 0.3) is 0 Å². The van der Waals surface area contributed by atoms with E-state index in [4.69, 9.17) is 9.47 Å². The Labute approximate surface area is 119 Å². The fourth-order valence-corrected chi connectivity index (χ4v) is 2.73. The number of fused-ring (bicyclic) bond motifs is 1. The second-order valence-electron chi connectivity index (χ2n) is 5.23. The minimum absolute atomic E-state index is 0.204. The van der Waals surface area contributed by atoms with Crippen LogP contribution in [-0.4, -0.2) is 30.6 Å². The van der Waals surface area contributed by atoms with E-state index in [1.165, 1.54) is 6.42 Å². The third kappa shape index (κ3) is 2.50. The van der Waals surface area contributed by atoms with E-state index >= 15 is 0 Å². The first-order valence-electron chi connectivity index (χ1n) is 7.05. The molecule has 2 aliphatic rings. The molecule has 2 heterocycles.